The molecule has 2 aromatic rings. The average Bonchev–Trinajstić information content (AvgIpc) is 3.18. The summed E-state index contributed by atoms with van der Waals surface area (Å²) in [7, 11) is 0. The summed E-state index contributed by atoms with van der Waals surface area (Å²) in [5.41, 5.74) is 0.871. The van der Waals surface area contributed by atoms with Crippen LogP contribution >= 0.6 is 0 Å². The van der Waals surface area contributed by atoms with Crippen molar-refractivity contribution in [2.45, 2.75) is 37.8 Å². The zero-order valence-corrected chi connectivity index (χ0v) is 11.0. The second-order valence-corrected chi connectivity index (χ2v) is 5.65. The minimum Gasteiger partial charge on any atom is -0.490 e. The van der Waals surface area contributed by atoms with Gasteiger partial charge in [0.25, 0.3) is 0 Å². The summed E-state index contributed by atoms with van der Waals surface area (Å²) < 4.78 is 11.3. The number of hydrogen-bond donors (Lipinski definition) is 0. The Hall–Kier alpha value is -1.48. The number of ether oxygens (including phenoxy) is 1. The lowest BCUT2D eigenvalue weighted by Gasteiger charge is -2.32. The molecule has 1 aromatic heterocycles. The molecule has 4 rings (SSSR count). The van der Waals surface area contributed by atoms with Crippen molar-refractivity contribution in [3.05, 3.63) is 30.5 Å². The van der Waals surface area contributed by atoms with Crippen molar-refractivity contribution in [1.82, 2.24) is 4.90 Å². The van der Waals surface area contributed by atoms with Crippen molar-refractivity contribution < 1.29 is 9.15 Å². The van der Waals surface area contributed by atoms with E-state index in [1.54, 1.807) is 0 Å². The van der Waals surface area contributed by atoms with Gasteiger partial charge in [-0.3, -0.25) is 0 Å². The van der Waals surface area contributed by atoms with Gasteiger partial charge in [-0.15, -0.1) is 0 Å². The van der Waals surface area contributed by atoms with Gasteiger partial charge < -0.3 is 14.1 Å². The molecule has 19 heavy (non-hydrogen) atoms. The van der Waals surface area contributed by atoms with Gasteiger partial charge in [-0.2, -0.15) is 0 Å². The highest BCUT2D eigenvalue weighted by atomic mass is 16.5. The highest BCUT2D eigenvalue weighted by Crippen LogP contribution is 2.30. The Morgan fingerprint density at radius 2 is 2.00 bits per heavy atom. The molecule has 0 bridgehead atoms. The topological polar surface area (TPSA) is 25.6 Å². The molecule has 2 heterocycles. The van der Waals surface area contributed by atoms with Gasteiger partial charge in [0.05, 0.1) is 0 Å². The van der Waals surface area contributed by atoms with Crippen LogP contribution in [0.2, 0.25) is 0 Å². The third-order valence-corrected chi connectivity index (χ3v) is 4.21. The van der Waals surface area contributed by atoms with Crippen molar-refractivity contribution in [2.75, 3.05) is 13.1 Å². The third kappa shape index (κ3) is 2.35. The lowest BCUT2D eigenvalue weighted by Crippen LogP contribution is -2.39. The van der Waals surface area contributed by atoms with Gasteiger partial charge in [0, 0.05) is 24.5 Å². The zero-order valence-electron chi connectivity index (χ0n) is 11.0. The van der Waals surface area contributed by atoms with E-state index in [9.17, 15) is 0 Å². The Morgan fingerprint density at radius 1 is 1.16 bits per heavy atom. The fourth-order valence-electron chi connectivity index (χ4n) is 2.95. The minimum absolute atomic E-state index is 0.364. The minimum atomic E-state index is 0.364. The Balaban J connectivity index is 1.40. The summed E-state index contributed by atoms with van der Waals surface area (Å²) in [4.78, 5) is 2.62. The Kier molecular flexibility index (Phi) is 2.73. The molecule has 1 aliphatic carbocycles. The van der Waals surface area contributed by atoms with Crippen molar-refractivity contribution in [1.29, 1.82) is 0 Å². The second kappa shape index (κ2) is 4.57. The highest BCUT2D eigenvalue weighted by molar-refractivity contribution is 5.78. The molecule has 1 saturated carbocycles. The smallest absolute Gasteiger partial charge is 0.170 e. The maximum Gasteiger partial charge on any atom is 0.170 e. The molecule has 2 fully saturated rings. The third-order valence-electron chi connectivity index (χ3n) is 4.21. The van der Waals surface area contributed by atoms with Crippen LogP contribution < -0.4 is 4.74 Å². The van der Waals surface area contributed by atoms with Gasteiger partial charge in [0.1, 0.15) is 17.4 Å². The van der Waals surface area contributed by atoms with Crippen LogP contribution in [-0.4, -0.2) is 30.1 Å². The molecular formula is C16H18NO2. The molecule has 0 amide bonds. The largest absolute Gasteiger partial charge is 0.490 e. The first-order chi connectivity index (χ1) is 9.38. The normalized spacial score (nSPS) is 21.9. The van der Waals surface area contributed by atoms with Crippen LogP contribution in [-0.2, 0) is 0 Å². The molecule has 3 heteroatoms. The summed E-state index contributed by atoms with van der Waals surface area (Å²) in [5.74, 6) is 0.951. The molecule has 99 valence electrons. The predicted molar refractivity (Wildman–Crippen MR) is 73.3 cm³/mol. The number of piperidine rings is 1. The summed E-state index contributed by atoms with van der Waals surface area (Å²) in [5, 5.41) is 1.06. The Morgan fingerprint density at radius 3 is 2.79 bits per heavy atom. The SMILES string of the molecule is [c]1cc2cc(OC3CCN(C4CC4)CC3)ccc2o1. The summed E-state index contributed by atoms with van der Waals surface area (Å²) in [6.07, 6.45) is 8.21. The number of furan rings is 1. The van der Waals surface area contributed by atoms with Crippen molar-refractivity contribution in [3.63, 3.8) is 0 Å². The fraction of sp³-hybridized carbons (Fsp3) is 0.500. The van der Waals surface area contributed by atoms with Gasteiger partial charge in [-0.05, 0) is 49.9 Å². The lowest BCUT2D eigenvalue weighted by molar-refractivity contribution is 0.0966. The molecule has 1 aromatic carbocycles. The van der Waals surface area contributed by atoms with Crippen LogP contribution in [0.15, 0.2) is 28.7 Å². The first-order valence-corrected chi connectivity index (χ1v) is 7.19. The Labute approximate surface area is 113 Å². The number of benzene rings is 1. The maximum atomic E-state index is 6.10. The van der Waals surface area contributed by atoms with Gasteiger partial charge in [-0.1, -0.05) is 0 Å². The summed E-state index contributed by atoms with van der Waals surface area (Å²) in [6.45, 7) is 2.38. The second-order valence-electron chi connectivity index (χ2n) is 5.65. The maximum absolute atomic E-state index is 6.10. The first-order valence-electron chi connectivity index (χ1n) is 7.19. The summed E-state index contributed by atoms with van der Waals surface area (Å²) in [6, 6.07) is 8.74. The van der Waals surface area contributed by atoms with Crippen LogP contribution in [0.4, 0.5) is 0 Å². The molecule has 0 N–H and O–H groups in total. The number of fused-ring (bicyclic) bond motifs is 1. The van der Waals surface area contributed by atoms with Gasteiger partial charge in [0.2, 0.25) is 0 Å². The molecule has 1 saturated heterocycles. The van der Waals surface area contributed by atoms with Gasteiger partial charge in [-0.25, -0.2) is 0 Å². The van der Waals surface area contributed by atoms with E-state index in [-0.39, 0.29) is 0 Å². The quantitative estimate of drug-likeness (QED) is 0.843. The van der Waals surface area contributed by atoms with E-state index >= 15 is 0 Å². The van der Waals surface area contributed by atoms with Crippen molar-refractivity contribution >= 4 is 11.0 Å². The van der Waals surface area contributed by atoms with Crippen LogP contribution in [0.1, 0.15) is 25.7 Å². The molecule has 1 radical (unpaired) electrons. The average molecular weight is 256 g/mol. The Bertz CT molecular complexity index is 565. The zero-order chi connectivity index (χ0) is 12.7. The van der Waals surface area contributed by atoms with E-state index in [0.29, 0.717) is 6.10 Å². The van der Waals surface area contributed by atoms with E-state index in [1.165, 1.54) is 25.9 Å². The molecule has 1 aliphatic heterocycles. The number of hydrogen-bond acceptors (Lipinski definition) is 3. The number of rotatable bonds is 3. The number of likely N-dealkylation sites (tertiary alicyclic amines) is 1. The van der Waals surface area contributed by atoms with E-state index in [2.05, 4.69) is 11.2 Å². The van der Waals surface area contributed by atoms with Gasteiger partial charge in [0.15, 0.2) is 6.26 Å². The first kappa shape index (κ1) is 11.4. The molecule has 0 spiro atoms. The van der Waals surface area contributed by atoms with Crippen LogP contribution in [0, 0.1) is 6.26 Å². The van der Waals surface area contributed by atoms with Crippen LogP contribution in [0.3, 0.4) is 0 Å². The van der Waals surface area contributed by atoms with Crippen LogP contribution in [0.5, 0.6) is 5.75 Å². The van der Waals surface area contributed by atoms with Gasteiger partial charge >= 0.3 is 0 Å². The molecule has 0 unspecified atom stereocenters. The van der Waals surface area contributed by atoms with E-state index in [1.807, 2.05) is 24.3 Å². The summed E-state index contributed by atoms with van der Waals surface area (Å²) >= 11 is 0. The van der Waals surface area contributed by atoms with E-state index < -0.39 is 0 Å². The molecule has 0 atom stereocenters. The standard InChI is InChI=1S/C16H18NO2/c1-2-13(1)17-8-5-14(6-9-17)19-15-3-4-16-12(11-15)7-10-18-16/h3-4,7,11,13-14H,1-2,5-6,8-9H2. The molecule has 3 nitrogen and oxygen atoms in total. The fourth-order valence-corrected chi connectivity index (χ4v) is 2.95. The van der Waals surface area contributed by atoms with E-state index in [4.69, 9.17) is 9.15 Å². The lowest BCUT2D eigenvalue weighted by atomic mass is 10.1. The highest BCUT2D eigenvalue weighted by Gasteiger charge is 2.32. The van der Waals surface area contributed by atoms with E-state index in [0.717, 1.165) is 35.6 Å². The monoisotopic (exact) mass is 256 g/mol. The molecular weight excluding hydrogens is 238 g/mol. The van der Waals surface area contributed by atoms with Crippen molar-refractivity contribution in [3.8, 4) is 5.75 Å². The number of nitrogens with zero attached hydrogens (tertiary/aromatic N) is 1. The molecule has 2 aliphatic rings. The predicted octanol–water partition coefficient (Wildman–Crippen LogP) is 3.24. The van der Waals surface area contributed by atoms with Crippen molar-refractivity contribution in [2.24, 2.45) is 0 Å². The van der Waals surface area contributed by atoms with Crippen LogP contribution in [0.25, 0.3) is 11.0 Å².